The number of nitrogens with zero attached hydrogens (tertiary/aromatic N) is 2. The summed E-state index contributed by atoms with van der Waals surface area (Å²) < 4.78 is 29.2. The van der Waals surface area contributed by atoms with Gasteiger partial charge in [0.15, 0.2) is 0 Å². The van der Waals surface area contributed by atoms with Gasteiger partial charge in [0.2, 0.25) is 11.8 Å². The molecule has 0 saturated carbocycles. The second-order valence-corrected chi connectivity index (χ2v) is 13.1. The van der Waals surface area contributed by atoms with E-state index in [2.05, 4.69) is 21.2 Å². The minimum absolute atomic E-state index is 0.0514. The molecular weight excluding hydrogens is 590 g/mol. The van der Waals surface area contributed by atoms with E-state index in [4.69, 9.17) is 11.6 Å². The first-order valence-corrected chi connectivity index (χ1v) is 14.6. The molecule has 7 nitrogen and oxygen atoms in total. The highest BCUT2D eigenvalue weighted by Crippen LogP contribution is 2.27. The van der Waals surface area contributed by atoms with Gasteiger partial charge in [-0.15, -0.1) is 0 Å². The molecule has 0 fully saturated rings. The smallest absolute Gasteiger partial charge is 0.264 e. The van der Waals surface area contributed by atoms with E-state index in [1.54, 1.807) is 73.7 Å². The van der Waals surface area contributed by atoms with Gasteiger partial charge in [-0.2, -0.15) is 0 Å². The van der Waals surface area contributed by atoms with Crippen molar-refractivity contribution in [2.45, 2.75) is 50.7 Å². The lowest BCUT2D eigenvalue weighted by Crippen LogP contribution is -2.54. The van der Waals surface area contributed by atoms with Gasteiger partial charge in [-0.25, -0.2) is 8.42 Å². The predicted molar refractivity (Wildman–Crippen MR) is 154 cm³/mol. The molecule has 38 heavy (non-hydrogen) atoms. The Bertz CT molecular complexity index is 1380. The summed E-state index contributed by atoms with van der Waals surface area (Å²) >= 11 is 9.42. The SMILES string of the molecule is C[C@H](C(=O)NC(C)(C)C)N(Cc1ccc(Cl)cc1)C(=O)CN(c1cccc(Br)c1)S(=O)(=O)c1ccccc1. The van der Waals surface area contributed by atoms with Gasteiger partial charge >= 0.3 is 0 Å². The molecule has 10 heteroatoms. The molecule has 3 rings (SSSR count). The third kappa shape index (κ3) is 7.82. The van der Waals surface area contributed by atoms with E-state index in [0.717, 1.165) is 9.87 Å². The molecule has 0 unspecified atom stereocenters. The van der Waals surface area contributed by atoms with Crippen LogP contribution in [-0.4, -0.2) is 43.3 Å². The van der Waals surface area contributed by atoms with E-state index in [0.29, 0.717) is 15.2 Å². The Balaban J connectivity index is 2.02. The number of hydrogen-bond acceptors (Lipinski definition) is 4. The highest BCUT2D eigenvalue weighted by Gasteiger charge is 2.33. The van der Waals surface area contributed by atoms with Crippen LogP contribution >= 0.6 is 27.5 Å². The molecule has 1 N–H and O–H groups in total. The first-order chi connectivity index (χ1) is 17.8. The van der Waals surface area contributed by atoms with Crippen LogP contribution in [-0.2, 0) is 26.2 Å². The molecule has 0 radical (unpaired) electrons. The molecule has 0 aliphatic heterocycles. The predicted octanol–water partition coefficient (Wildman–Crippen LogP) is 5.63. The van der Waals surface area contributed by atoms with Crippen LogP contribution in [0.1, 0.15) is 33.3 Å². The minimum atomic E-state index is -4.11. The molecule has 0 saturated heterocycles. The molecule has 202 valence electrons. The van der Waals surface area contributed by atoms with Gasteiger partial charge in [-0.3, -0.25) is 13.9 Å². The average Bonchev–Trinajstić information content (AvgIpc) is 2.85. The number of sulfonamides is 1. The van der Waals surface area contributed by atoms with E-state index >= 15 is 0 Å². The number of halogens is 2. The lowest BCUT2D eigenvalue weighted by atomic mass is 10.1. The second kappa shape index (κ2) is 12.3. The fourth-order valence-electron chi connectivity index (χ4n) is 3.72. The van der Waals surface area contributed by atoms with Crippen LogP contribution in [0.2, 0.25) is 5.02 Å². The first-order valence-electron chi connectivity index (χ1n) is 12.0. The van der Waals surface area contributed by atoms with Crippen LogP contribution in [0.4, 0.5) is 5.69 Å². The first kappa shape index (κ1) is 29.7. The van der Waals surface area contributed by atoms with Crippen LogP contribution in [0.3, 0.4) is 0 Å². The van der Waals surface area contributed by atoms with Crippen LogP contribution in [0, 0.1) is 0 Å². The van der Waals surface area contributed by atoms with E-state index in [-0.39, 0.29) is 17.3 Å². The van der Waals surface area contributed by atoms with Crippen LogP contribution < -0.4 is 9.62 Å². The molecule has 0 bridgehead atoms. The maximum atomic E-state index is 13.9. The zero-order valence-corrected chi connectivity index (χ0v) is 24.8. The maximum absolute atomic E-state index is 13.9. The van der Waals surface area contributed by atoms with Gasteiger partial charge in [0.05, 0.1) is 10.6 Å². The average molecular weight is 621 g/mol. The van der Waals surface area contributed by atoms with Crippen molar-refractivity contribution in [2.75, 3.05) is 10.8 Å². The third-order valence-electron chi connectivity index (χ3n) is 5.64. The summed E-state index contributed by atoms with van der Waals surface area (Å²) in [4.78, 5) is 28.4. The van der Waals surface area contributed by atoms with Gasteiger partial charge in [0.25, 0.3) is 10.0 Å². The Labute approximate surface area is 238 Å². The zero-order chi connectivity index (χ0) is 28.1. The van der Waals surface area contributed by atoms with Gasteiger partial charge in [-0.1, -0.05) is 63.9 Å². The van der Waals surface area contributed by atoms with E-state index in [9.17, 15) is 18.0 Å². The number of carbonyl (C=O) groups is 2. The topological polar surface area (TPSA) is 86.8 Å². The molecular formula is C28H31BrClN3O4S. The number of carbonyl (C=O) groups excluding carboxylic acids is 2. The summed E-state index contributed by atoms with van der Waals surface area (Å²) in [5, 5.41) is 3.45. The van der Waals surface area contributed by atoms with Crippen molar-refractivity contribution < 1.29 is 18.0 Å². The minimum Gasteiger partial charge on any atom is -0.350 e. The Hall–Kier alpha value is -2.88. The van der Waals surface area contributed by atoms with Crippen molar-refractivity contribution in [2.24, 2.45) is 0 Å². The summed E-state index contributed by atoms with van der Waals surface area (Å²) in [6, 6.07) is 20.7. The van der Waals surface area contributed by atoms with Gasteiger partial charge < -0.3 is 10.2 Å². The summed E-state index contributed by atoms with van der Waals surface area (Å²) in [7, 11) is -4.11. The summed E-state index contributed by atoms with van der Waals surface area (Å²) in [6.07, 6.45) is 0. The fourth-order valence-corrected chi connectivity index (χ4v) is 5.66. The largest absolute Gasteiger partial charge is 0.350 e. The molecule has 0 heterocycles. The molecule has 1 atom stereocenters. The van der Waals surface area contributed by atoms with E-state index in [1.807, 2.05) is 20.8 Å². The van der Waals surface area contributed by atoms with Crippen LogP contribution in [0.5, 0.6) is 0 Å². The molecule has 2 amide bonds. The fraction of sp³-hybridized carbons (Fsp3) is 0.286. The molecule has 0 aliphatic carbocycles. The maximum Gasteiger partial charge on any atom is 0.264 e. The lowest BCUT2D eigenvalue weighted by molar-refractivity contribution is -0.140. The van der Waals surface area contributed by atoms with Crippen LogP contribution in [0.15, 0.2) is 88.2 Å². The van der Waals surface area contributed by atoms with Crippen molar-refractivity contribution in [3.8, 4) is 0 Å². The third-order valence-corrected chi connectivity index (χ3v) is 8.17. The summed E-state index contributed by atoms with van der Waals surface area (Å²) in [5.41, 5.74) is 0.548. The van der Waals surface area contributed by atoms with Gasteiger partial charge in [0, 0.05) is 21.6 Å². The Kier molecular flexibility index (Phi) is 9.62. The number of rotatable bonds is 9. The number of anilines is 1. The normalized spacial score (nSPS) is 12.5. The van der Waals surface area contributed by atoms with Crippen molar-refractivity contribution in [3.63, 3.8) is 0 Å². The van der Waals surface area contributed by atoms with Crippen LogP contribution in [0.25, 0.3) is 0 Å². The zero-order valence-electron chi connectivity index (χ0n) is 21.7. The van der Waals surface area contributed by atoms with Crippen molar-refractivity contribution in [3.05, 3.63) is 93.9 Å². The van der Waals surface area contributed by atoms with Gasteiger partial charge in [-0.05, 0) is 75.7 Å². The summed E-state index contributed by atoms with van der Waals surface area (Å²) in [6.45, 7) is 6.77. The Morgan fingerprint density at radius 1 is 0.974 bits per heavy atom. The molecule has 0 aromatic heterocycles. The van der Waals surface area contributed by atoms with E-state index in [1.165, 1.54) is 17.0 Å². The molecule has 0 aliphatic rings. The number of amides is 2. The monoisotopic (exact) mass is 619 g/mol. The van der Waals surface area contributed by atoms with Gasteiger partial charge in [0.1, 0.15) is 12.6 Å². The van der Waals surface area contributed by atoms with E-state index < -0.39 is 34.1 Å². The number of nitrogens with one attached hydrogen (secondary N) is 1. The highest BCUT2D eigenvalue weighted by atomic mass is 79.9. The molecule has 3 aromatic carbocycles. The Morgan fingerprint density at radius 2 is 1.61 bits per heavy atom. The van der Waals surface area contributed by atoms with Crippen molar-refractivity contribution >= 4 is 55.1 Å². The molecule has 0 spiro atoms. The number of hydrogen-bond donors (Lipinski definition) is 1. The number of benzene rings is 3. The Morgan fingerprint density at radius 3 is 2.18 bits per heavy atom. The highest BCUT2D eigenvalue weighted by molar-refractivity contribution is 9.10. The van der Waals surface area contributed by atoms with Crippen molar-refractivity contribution in [1.82, 2.24) is 10.2 Å². The second-order valence-electron chi connectivity index (χ2n) is 9.87. The summed E-state index contributed by atoms with van der Waals surface area (Å²) in [5.74, 6) is -0.879. The quantitative estimate of drug-likeness (QED) is 0.336. The molecule has 3 aromatic rings. The standard InChI is InChI=1S/C28H31BrClN3O4S/c1-20(27(35)31-28(2,3)4)32(18-21-13-15-23(30)16-14-21)26(34)19-33(24-10-8-9-22(29)17-24)38(36,37)25-11-6-5-7-12-25/h5-17,20H,18-19H2,1-4H3,(H,31,35)/t20-/m1/s1. The van der Waals surface area contributed by atoms with Crippen molar-refractivity contribution in [1.29, 1.82) is 0 Å². The lowest BCUT2D eigenvalue weighted by Gasteiger charge is -2.33.